The molecule has 0 saturated carbocycles. The summed E-state index contributed by atoms with van der Waals surface area (Å²) in [5.41, 5.74) is 5.94. The van der Waals surface area contributed by atoms with Crippen molar-refractivity contribution in [2.45, 2.75) is 45.4 Å². The number of hydrogen-bond acceptors (Lipinski definition) is 6. The van der Waals surface area contributed by atoms with E-state index in [1.54, 1.807) is 11.3 Å². The first-order valence-electron chi connectivity index (χ1n) is 7.58. The predicted octanol–water partition coefficient (Wildman–Crippen LogP) is 2.00. The third-order valence-electron chi connectivity index (χ3n) is 4.19. The molecule has 1 aliphatic rings. The fraction of sp³-hybridized carbons (Fsp3) is 0.786. The van der Waals surface area contributed by atoms with E-state index < -0.39 is 0 Å². The molecule has 1 atom stereocenters. The van der Waals surface area contributed by atoms with Gasteiger partial charge in [-0.2, -0.15) is 9.61 Å². The van der Waals surface area contributed by atoms with Crippen LogP contribution >= 0.6 is 11.3 Å². The monoisotopic (exact) mass is 309 g/mol. The number of nitrogens with two attached hydrogens (primary N) is 1. The van der Waals surface area contributed by atoms with E-state index in [4.69, 9.17) is 15.6 Å². The van der Waals surface area contributed by atoms with Crippen LogP contribution in [0.1, 0.15) is 49.9 Å². The summed E-state index contributed by atoms with van der Waals surface area (Å²) < 4.78 is 7.35. The molecular weight excluding hydrogens is 286 g/mol. The van der Waals surface area contributed by atoms with Gasteiger partial charge < -0.3 is 10.5 Å². The minimum absolute atomic E-state index is 0.267. The molecule has 0 bridgehead atoms. The molecule has 1 fully saturated rings. The molecule has 2 N–H and O–H groups in total. The van der Waals surface area contributed by atoms with Crippen molar-refractivity contribution in [3.63, 3.8) is 0 Å². The highest BCUT2D eigenvalue weighted by atomic mass is 32.1. The molecule has 1 aliphatic heterocycles. The third-order valence-corrected chi connectivity index (χ3v) is 5.15. The van der Waals surface area contributed by atoms with Crippen LogP contribution in [0.15, 0.2) is 0 Å². The van der Waals surface area contributed by atoms with Gasteiger partial charge in [0.05, 0.1) is 6.61 Å². The van der Waals surface area contributed by atoms with Crippen molar-refractivity contribution in [1.29, 1.82) is 0 Å². The Balaban J connectivity index is 1.72. The molecular formula is C14H23N5OS. The SMILES string of the molecule is CC(C)(CCN)CCc1nn2c(C3CCOC3)nnc2s1. The molecule has 0 aliphatic carbocycles. The van der Waals surface area contributed by atoms with E-state index >= 15 is 0 Å². The summed E-state index contributed by atoms with van der Waals surface area (Å²) in [6, 6.07) is 0. The highest BCUT2D eigenvalue weighted by molar-refractivity contribution is 7.16. The second kappa shape index (κ2) is 5.98. The number of nitrogens with zero attached hydrogens (tertiary/aromatic N) is 4. The normalized spacial score (nSPS) is 19.7. The molecule has 0 aromatic carbocycles. The Labute approximate surface area is 128 Å². The molecule has 6 nitrogen and oxygen atoms in total. The predicted molar refractivity (Wildman–Crippen MR) is 82.6 cm³/mol. The molecule has 116 valence electrons. The van der Waals surface area contributed by atoms with Gasteiger partial charge in [-0.3, -0.25) is 0 Å². The Kier molecular flexibility index (Phi) is 4.24. The zero-order valence-electron chi connectivity index (χ0n) is 12.7. The quantitative estimate of drug-likeness (QED) is 0.883. The number of ether oxygens (including phenoxy) is 1. The van der Waals surface area contributed by atoms with Gasteiger partial charge in [0.1, 0.15) is 5.01 Å². The average Bonchev–Trinajstić information content (AvgIpc) is 3.12. The Bertz CT molecular complexity index is 600. The van der Waals surface area contributed by atoms with Crippen molar-refractivity contribution in [3.8, 4) is 0 Å². The van der Waals surface area contributed by atoms with E-state index in [0.29, 0.717) is 5.92 Å². The molecule has 0 spiro atoms. The van der Waals surface area contributed by atoms with Crippen LogP contribution < -0.4 is 5.73 Å². The smallest absolute Gasteiger partial charge is 0.234 e. The largest absolute Gasteiger partial charge is 0.381 e. The van der Waals surface area contributed by atoms with Gasteiger partial charge in [-0.15, -0.1) is 10.2 Å². The van der Waals surface area contributed by atoms with Crippen LogP contribution in [0, 0.1) is 5.41 Å². The highest BCUT2D eigenvalue weighted by Crippen LogP contribution is 2.29. The zero-order chi connectivity index (χ0) is 14.9. The van der Waals surface area contributed by atoms with Crippen LogP contribution in [0.4, 0.5) is 0 Å². The second-order valence-electron chi connectivity index (χ2n) is 6.51. The Hall–Kier alpha value is -1.05. The fourth-order valence-electron chi connectivity index (χ4n) is 2.73. The molecule has 3 heterocycles. The summed E-state index contributed by atoms with van der Waals surface area (Å²) >= 11 is 1.64. The molecule has 21 heavy (non-hydrogen) atoms. The maximum atomic E-state index is 5.67. The van der Waals surface area contributed by atoms with Crippen molar-refractivity contribution >= 4 is 16.3 Å². The van der Waals surface area contributed by atoms with Gasteiger partial charge in [0, 0.05) is 18.9 Å². The maximum absolute atomic E-state index is 5.67. The van der Waals surface area contributed by atoms with Crippen LogP contribution in [0.25, 0.3) is 4.96 Å². The first kappa shape index (κ1) is 14.9. The van der Waals surface area contributed by atoms with Crippen molar-refractivity contribution in [2.24, 2.45) is 11.1 Å². The van der Waals surface area contributed by atoms with Crippen molar-refractivity contribution in [1.82, 2.24) is 19.8 Å². The first-order valence-corrected chi connectivity index (χ1v) is 8.39. The molecule has 2 aromatic heterocycles. The molecule has 0 amide bonds. The van der Waals surface area contributed by atoms with Crippen LogP contribution in [0.5, 0.6) is 0 Å². The van der Waals surface area contributed by atoms with E-state index in [1.807, 2.05) is 4.52 Å². The summed E-state index contributed by atoms with van der Waals surface area (Å²) in [6.45, 7) is 6.81. The standard InChI is InChI=1S/C14H23N5OS/c1-14(2,6-7-15)5-3-11-18-19-12(10-4-8-20-9-10)16-17-13(19)21-11/h10H,3-9,15H2,1-2H3. The van der Waals surface area contributed by atoms with Crippen molar-refractivity contribution in [3.05, 3.63) is 10.8 Å². The highest BCUT2D eigenvalue weighted by Gasteiger charge is 2.25. The molecule has 3 rings (SSSR count). The summed E-state index contributed by atoms with van der Waals surface area (Å²) in [5, 5.41) is 14.4. The lowest BCUT2D eigenvalue weighted by Gasteiger charge is -2.22. The maximum Gasteiger partial charge on any atom is 0.234 e. The summed E-state index contributed by atoms with van der Waals surface area (Å²) in [5.74, 6) is 1.29. The second-order valence-corrected chi connectivity index (χ2v) is 7.55. The Morgan fingerprint density at radius 1 is 1.38 bits per heavy atom. The summed E-state index contributed by atoms with van der Waals surface area (Å²) in [7, 11) is 0. The van der Waals surface area contributed by atoms with E-state index in [1.165, 1.54) is 0 Å². The lowest BCUT2D eigenvalue weighted by molar-refractivity contribution is 0.193. The number of aryl methyl sites for hydroxylation is 1. The molecule has 1 saturated heterocycles. The number of rotatable bonds is 6. The van der Waals surface area contributed by atoms with Gasteiger partial charge in [-0.1, -0.05) is 25.2 Å². The Morgan fingerprint density at radius 2 is 2.24 bits per heavy atom. The van der Waals surface area contributed by atoms with Crippen LogP contribution in [0.3, 0.4) is 0 Å². The van der Waals surface area contributed by atoms with Crippen LogP contribution in [-0.4, -0.2) is 39.6 Å². The Morgan fingerprint density at radius 3 is 2.95 bits per heavy atom. The van der Waals surface area contributed by atoms with Crippen LogP contribution in [0.2, 0.25) is 0 Å². The number of fused-ring (bicyclic) bond motifs is 1. The number of aromatic nitrogens is 4. The lowest BCUT2D eigenvalue weighted by atomic mass is 9.84. The van der Waals surface area contributed by atoms with Gasteiger partial charge in [-0.05, 0) is 31.2 Å². The van der Waals surface area contributed by atoms with E-state index in [2.05, 4.69) is 24.0 Å². The van der Waals surface area contributed by atoms with E-state index in [0.717, 1.165) is 61.2 Å². The molecule has 2 aromatic rings. The van der Waals surface area contributed by atoms with E-state index in [-0.39, 0.29) is 5.41 Å². The van der Waals surface area contributed by atoms with E-state index in [9.17, 15) is 0 Å². The minimum atomic E-state index is 0.267. The lowest BCUT2D eigenvalue weighted by Crippen LogP contribution is -2.17. The van der Waals surface area contributed by atoms with Gasteiger partial charge >= 0.3 is 0 Å². The topological polar surface area (TPSA) is 78.3 Å². The van der Waals surface area contributed by atoms with Gasteiger partial charge in [0.25, 0.3) is 0 Å². The summed E-state index contributed by atoms with van der Waals surface area (Å²) in [6.07, 6.45) is 4.12. The van der Waals surface area contributed by atoms with Crippen molar-refractivity contribution in [2.75, 3.05) is 19.8 Å². The third kappa shape index (κ3) is 3.25. The molecule has 0 radical (unpaired) electrons. The fourth-order valence-corrected chi connectivity index (χ4v) is 3.57. The van der Waals surface area contributed by atoms with Gasteiger partial charge in [0.2, 0.25) is 4.96 Å². The van der Waals surface area contributed by atoms with Crippen molar-refractivity contribution < 1.29 is 4.74 Å². The first-order chi connectivity index (χ1) is 10.1. The molecule has 1 unspecified atom stereocenters. The average molecular weight is 309 g/mol. The summed E-state index contributed by atoms with van der Waals surface area (Å²) in [4.78, 5) is 0.892. The van der Waals surface area contributed by atoms with Gasteiger partial charge in [-0.25, -0.2) is 0 Å². The minimum Gasteiger partial charge on any atom is -0.381 e. The molecule has 7 heteroatoms. The van der Waals surface area contributed by atoms with Crippen LogP contribution in [-0.2, 0) is 11.2 Å². The number of hydrogen-bond donors (Lipinski definition) is 1. The van der Waals surface area contributed by atoms with Gasteiger partial charge in [0.15, 0.2) is 5.82 Å². The zero-order valence-corrected chi connectivity index (χ0v) is 13.5.